The van der Waals surface area contributed by atoms with Gasteiger partial charge >= 0.3 is 6.09 Å². The molecule has 8 nitrogen and oxygen atoms in total. The molecule has 0 spiro atoms. The number of anilines is 1. The molecule has 214 valence electrons. The first kappa shape index (κ1) is 29.6. The van der Waals surface area contributed by atoms with Gasteiger partial charge in [-0.25, -0.2) is 9.78 Å². The van der Waals surface area contributed by atoms with Gasteiger partial charge in [0.2, 0.25) is 5.91 Å². The third-order valence-corrected chi connectivity index (χ3v) is 8.46. The maximum absolute atomic E-state index is 14.6. The molecule has 4 heterocycles. The van der Waals surface area contributed by atoms with Crippen LogP contribution in [-0.4, -0.2) is 75.6 Å². The molecule has 1 unspecified atom stereocenters. The highest BCUT2D eigenvalue weighted by molar-refractivity contribution is 7.09. The Morgan fingerprint density at radius 1 is 1.26 bits per heavy atom. The molecule has 0 aromatic carbocycles. The van der Waals surface area contributed by atoms with Crippen molar-refractivity contribution in [2.24, 2.45) is 0 Å². The molecule has 3 atom stereocenters. The number of hydrogen-bond acceptors (Lipinski definition) is 7. The number of carbonyl (C=O) groups is 2. The summed E-state index contributed by atoms with van der Waals surface area (Å²) in [4.78, 5) is 40.2. The monoisotopic (exact) mass is 583 g/mol. The maximum atomic E-state index is 14.6. The zero-order valence-corrected chi connectivity index (χ0v) is 24.6. The Morgan fingerprint density at radius 2 is 2.00 bits per heavy atom. The number of amides is 2. The summed E-state index contributed by atoms with van der Waals surface area (Å²) >= 11 is 8.32. The Labute approximate surface area is 237 Å². The molecule has 0 saturated carbocycles. The highest BCUT2D eigenvalue weighted by atomic mass is 35.5. The lowest BCUT2D eigenvalue weighted by Gasteiger charge is -2.46. The van der Waals surface area contributed by atoms with Gasteiger partial charge in [-0.3, -0.25) is 14.7 Å². The van der Waals surface area contributed by atoms with E-state index in [4.69, 9.17) is 16.3 Å². The highest BCUT2D eigenvalue weighted by Gasteiger charge is 2.42. The van der Waals surface area contributed by atoms with Crippen molar-refractivity contribution in [3.8, 4) is 0 Å². The van der Waals surface area contributed by atoms with Crippen molar-refractivity contribution < 1.29 is 23.1 Å². The van der Waals surface area contributed by atoms with E-state index in [-0.39, 0.29) is 37.2 Å². The Balaban J connectivity index is 1.56. The van der Waals surface area contributed by atoms with Crippen molar-refractivity contribution in [1.82, 2.24) is 19.8 Å². The summed E-state index contributed by atoms with van der Waals surface area (Å²) in [5.74, 6) is -3.27. The number of piperazine rings is 1. The number of rotatable bonds is 7. The first-order valence-corrected chi connectivity index (χ1v) is 14.6. The Morgan fingerprint density at radius 3 is 2.64 bits per heavy atom. The summed E-state index contributed by atoms with van der Waals surface area (Å²) in [5, 5.41) is 1.96. The topological polar surface area (TPSA) is 78.9 Å². The van der Waals surface area contributed by atoms with Crippen LogP contribution < -0.4 is 4.90 Å². The largest absolute Gasteiger partial charge is 0.444 e. The van der Waals surface area contributed by atoms with Crippen LogP contribution in [0.25, 0.3) is 0 Å². The molecule has 0 aliphatic carbocycles. The SMILES string of the molecule is CCCC(F)(F)c1cc2c(cn1)CCN2C(=O)CN1C[C@@H](C)N(C(=O)OC(C)(C)C)C[C@@H]1C(Cl)c1nccs1. The van der Waals surface area contributed by atoms with Crippen LogP contribution in [0.15, 0.2) is 23.8 Å². The second-order valence-electron chi connectivity index (χ2n) is 11.2. The van der Waals surface area contributed by atoms with Crippen LogP contribution in [0.3, 0.4) is 0 Å². The van der Waals surface area contributed by atoms with Crippen molar-refractivity contribution >= 4 is 40.6 Å². The van der Waals surface area contributed by atoms with Crippen LogP contribution in [-0.2, 0) is 21.9 Å². The average molecular weight is 584 g/mol. The van der Waals surface area contributed by atoms with Crippen LogP contribution in [0.1, 0.15) is 69.1 Å². The first-order valence-electron chi connectivity index (χ1n) is 13.3. The Hall–Kier alpha value is -2.37. The number of carbonyl (C=O) groups excluding carboxylic acids is 2. The third-order valence-electron chi connectivity index (χ3n) is 6.97. The number of alkyl halides is 3. The molecule has 2 aliphatic heterocycles. The lowest BCUT2D eigenvalue weighted by atomic mass is 10.0. The van der Waals surface area contributed by atoms with Gasteiger partial charge in [0.05, 0.1) is 18.3 Å². The molecule has 0 bridgehead atoms. The van der Waals surface area contributed by atoms with Gasteiger partial charge in [-0.15, -0.1) is 22.9 Å². The normalized spacial score (nSPS) is 21.1. The van der Waals surface area contributed by atoms with E-state index in [1.807, 2.05) is 38.0 Å². The number of fused-ring (bicyclic) bond motifs is 1. The van der Waals surface area contributed by atoms with Gasteiger partial charge in [-0.2, -0.15) is 8.78 Å². The molecular weight excluding hydrogens is 548 g/mol. The van der Waals surface area contributed by atoms with E-state index in [1.54, 1.807) is 22.9 Å². The average Bonchev–Trinajstić information content (AvgIpc) is 3.52. The van der Waals surface area contributed by atoms with Gasteiger partial charge in [0.1, 0.15) is 21.7 Å². The molecule has 1 saturated heterocycles. The lowest BCUT2D eigenvalue weighted by molar-refractivity contribution is -0.121. The van der Waals surface area contributed by atoms with Gasteiger partial charge in [0.25, 0.3) is 5.92 Å². The fourth-order valence-corrected chi connectivity index (χ4v) is 6.19. The fraction of sp³-hybridized carbons (Fsp3) is 0.630. The maximum Gasteiger partial charge on any atom is 0.410 e. The standard InChI is InChI=1S/C27H36ClF2N5O3S/c1-6-8-27(29,30)21-12-19-18(13-32-21)7-10-34(19)22(36)16-33-14-17(2)35(25(37)38-26(3,4)5)15-20(33)23(28)24-31-9-11-39-24/h9,11-13,17,20,23H,6-8,10,14-16H2,1-5H3/t17-,20-,23?/m1/s1. The summed E-state index contributed by atoms with van der Waals surface area (Å²) in [6.07, 6.45) is 3.27. The van der Waals surface area contributed by atoms with Gasteiger partial charge in [0.15, 0.2) is 0 Å². The summed E-state index contributed by atoms with van der Waals surface area (Å²) in [6.45, 7) is 10.1. The molecule has 12 heteroatoms. The second kappa shape index (κ2) is 11.6. The molecule has 0 radical (unpaired) electrons. The molecule has 2 aromatic rings. The van der Waals surface area contributed by atoms with Gasteiger partial charge in [0, 0.05) is 49.9 Å². The number of nitrogens with zero attached hydrogens (tertiary/aromatic N) is 5. The fourth-order valence-electron chi connectivity index (χ4n) is 5.07. The van der Waals surface area contributed by atoms with Crippen LogP contribution in [0.2, 0.25) is 0 Å². The number of hydrogen-bond donors (Lipinski definition) is 0. The summed E-state index contributed by atoms with van der Waals surface area (Å²) in [5.41, 5.74) is 0.293. The van der Waals surface area contributed by atoms with E-state index >= 15 is 0 Å². The highest BCUT2D eigenvalue weighted by Crippen LogP contribution is 2.37. The first-order chi connectivity index (χ1) is 18.3. The van der Waals surface area contributed by atoms with Gasteiger partial charge < -0.3 is 14.5 Å². The molecule has 0 N–H and O–H groups in total. The number of halogens is 3. The van der Waals surface area contributed by atoms with Crippen LogP contribution in [0, 0.1) is 0 Å². The van der Waals surface area contributed by atoms with E-state index in [0.717, 1.165) is 5.56 Å². The van der Waals surface area contributed by atoms with Gasteiger partial charge in [-0.05, 0) is 45.7 Å². The van der Waals surface area contributed by atoms with Crippen LogP contribution in [0.5, 0.6) is 0 Å². The number of pyridine rings is 1. The van der Waals surface area contributed by atoms with Crippen molar-refractivity contribution in [2.75, 3.05) is 31.1 Å². The molecular formula is C27H36ClF2N5O3S. The van der Waals surface area contributed by atoms with Crippen molar-refractivity contribution in [3.05, 3.63) is 40.1 Å². The van der Waals surface area contributed by atoms with E-state index in [9.17, 15) is 18.4 Å². The van der Waals surface area contributed by atoms with E-state index < -0.39 is 29.0 Å². The molecule has 1 fully saturated rings. The van der Waals surface area contributed by atoms with E-state index in [2.05, 4.69) is 9.97 Å². The number of thiazole rings is 1. The number of ether oxygens (including phenoxy) is 1. The molecule has 2 aliphatic rings. The minimum atomic E-state index is -3.06. The quantitative estimate of drug-likeness (QED) is 0.394. The summed E-state index contributed by atoms with van der Waals surface area (Å²) in [7, 11) is 0. The number of aromatic nitrogens is 2. The predicted octanol–water partition coefficient (Wildman–Crippen LogP) is 5.61. The summed E-state index contributed by atoms with van der Waals surface area (Å²) in [6, 6.07) is 0.712. The smallest absolute Gasteiger partial charge is 0.410 e. The van der Waals surface area contributed by atoms with Crippen molar-refractivity contribution in [2.45, 2.75) is 82.9 Å². The zero-order valence-electron chi connectivity index (χ0n) is 23.0. The van der Waals surface area contributed by atoms with Gasteiger partial charge in [-0.1, -0.05) is 13.3 Å². The molecule has 2 aromatic heterocycles. The lowest BCUT2D eigenvalue weighted by Crippen LogP contribution is -2.62. The second-order valence-corrected chi connectivity index (χ2v) is 12.6. The third kappa shape index (κ3) is 6.69. The minimum Gasteiger partial charge on any atom is -0.444 e. The van der Waals surface area contributed by atoms with Crippen molar-refractivity contribution in [1.29, 1.82) is 0 Å². The predicted molar refractivity (Wildman–Crippen MR) is 148 cm³/mol. The minimum absolute atomic E-state index is 0.0220. The van der Waals surface area contributed by atoms with Crippen LogP contribution >= 0.6 is 22.9 Å². The van der Waals surface area contributed by atoms with E-state index in [1.165, 1.54) is 23.6 Å². The molecule has 39 heavy (non-hydrogen) atoms. The van der Waals surface area contributed by atoms with Crippen molar-refractivity contribution in [3.63, 3.8) is 0 Å². The Bertz CT molecular complexity index is 1180. The molecule has 2 amide bonds. The van der Waals surface area contributed by atoms with Crippen LogP contribution in [0.4, 0.5) is 19.3 Å². The zero-order chi connectivity index (χ0) is 28.5. The molecule has 4 rings (SSSR count). The summed E-state index contributed by atoms with van der Waals surface area (Å²) < 4.78 is 34.9. The Kier molecular flexibility index (Phi) is 8.82. The van der Waals surface area contributed by atoms with E-state index in [0.29, 0.717) is 36.6 Å².